The minimum Gasteiger partial charge on any atom is -0.449 e. The summed E-state index contributed by atoms with van der Waals surface area (Å²) in [6.07, 6.45) is -0.510. The molecule has 1 aliphatic rings. The first kappa shape index (κ1) is 15.2. The summed E-state index contributed by atoms with van der Waals surface area (Å²) in [5.41, 5.74) is 0.104. The number of hydrogen-bond acceptors (Lipinski definition) is 2. The summed E-state index contributed by atoms with van der Waals surface area (Å²) < 4.78 is 19.5. The Balaban J connectivity index is 0.00000162. The van der Waals surface area contributed by atoms with E-state index in [1.54, 1.807) is 12.1 Å². The molecule has 1 fully saturated rings. The van der Waals surface area contributed by atoms with Gasteiger partial charge in [0.2, 0.25) is 0 Å². The van der Waals surface area contributed by atoms with Crippen molar-refractivity contribution in [1.29, 1.82) is 0 Å². The van der Waals surface area contributed by atoms with Gasteiger partial charge in [-0.25, -0.2) is 9.18 Å². The number of halogens is 3. The van der Waals surface area contributed by atoms with Gasteiger partial charge >= 0.3 is 6.09 Å². The molecule has 1 N–H and O–H groups in total. The maximum Gasteiger partial charge on any atom is 0.407 e. The summed E-state index contributed by atoms with van der Waals surface area (Å²) in [5, 5.41) is 2.67. The van der Waals surface area contributed by atoms with Crippen LogP contribution in [-0.4, -0.2) is 12.7 Å². The molecule has 1 aromatic carbocycles. The number of carbonyl (C=O) groups excluding carboxylic acids is 1. The Morgan fingerprint density at radius 2 is 2.17 bits per heavy atom. The third kappa shape index (κ3) is 2.78. The molecule has 0 aliphatic carbocycles. The Morgan fingerprint density at radius 1 is 1.50 bits per heavy atom. The van der Waals surface area contributed by atoms with E-state index in [9.17, 15) is 9.18 Å². The fourth-order valence-electron chi connectivity index (χ4n) is 1.94. The summed E-state index contributed by atoms with van der Waals surface area (Å²) in [6, 6.07) is 4.37. The van der Waals surface area contributed by atoms with E-state index in [-0.39, 0.29) is 30.2 Å². The van der Waals surface area contributed by atoms with E-state index in [0.717, 1.165) is 0 Å². The lowest BCUT2D eigenvalue weighted by Crippen LogP contribution is -2.47. The smallest absolute Gasteiger partial charge is 0.407 e. The molecular formula is C12H14BrClFNO2. The van der Waals surface area contributed by atoms with Crippen LogP contribution in [0.3, 0.4) is 0 Å². The van der Waals surface area contributed by atoms with Crippen molar-refractivity contribution in [3.05, 3.63) is 34.1 Å². The highest BCUT2D eigenvalue weighted by Gasteiger charge is 2.40. The minimum atomic E-state index is -0.510. The minimum absolute atomic E-state index is 0. The molecule has 1 aromatic rings. The fourth-order valence-corrected chi connectivity index (χ4v) is 2.51. The summed E-state index contributed by atoms with van der Waals surface area (Å²) >= 11 is 3.32. The van der Waals surface area contributed by atoms with E-state index in [4.69, 9.17) is 4.74 Å². The molecule has 0 spiro atoms. The first-order valence-corrected chi connectivity index (χ1v) is 6.08. The normalized spacial score (nSPS) is 21.6. The number of carbonyl (C=O) groups is 1. The fraction of sp³-hybridized carbons (Fsp3) is 0.417. The van der Waals surface area contributed by atoms with Crippen LogP contribution in [0.25, 0.3) is 0 Å². The highest BCUT2D eigenvalue weighted by molar-refractivity contribution is 9.10. The van der Waals surface area contributed by atoms with Gasteiger partial charge in [-0.15, -0.1) is 12.4 Å². The van der Waals surface area contributed by atoms with Gasteiger partial charge in [-0.1, -0.05) is 35.8 Å². The quantitative estimate of drug-likeness (QED) is 0.845. The van der Waals surface area contributed by atoms with Gasteiger partial charge in [0.15, 0.2) is 0 Å². The third-order valence-electron chi connectivity index (χ3n) is 2.91. The van der Waals surface area contributed by atoms with Gasteiger partial charge < -0.3 is 10.1 Å². The van der Waals surface area contributed by atoms with Crippen LogP contribution in [0.15, 0.2) is 22.7 Å². The molecule has 3 nitrogen and oxygen atoms in total. The zero-order valence-electron chi connectivity index (χ0n) is 10.00. The van der Waals surface area contributed by atoms with E-state index in [2.05, 4.69) is 21.2 Å². The first-order chi connectivity index (χ1) is 7.92. The van der Waals surface area contributed by atoms with Crippen LogP contribution in [0.2, 0.25) is 0 Å². The average Bonchev–Trinajstić information content (AvgIpc) is 2.23. The summed E-state index contributed by atoms with van der Waals surface area (Å²) in [4.78, 5) is 11.3. The molecule has 0 saturated carbocycles. The second-order valence-corrected chi connectivity index (χ2v) is 5.63. The molecule has 1 aliphatic heterocycles. The monoisotopic (exact) mass is 337 g/mol. The molecule has 0 aromatic heterocycles. The second-order valence-electron chi connectivity index (χ2n) is 4.78. The van der Waals surface area contributed by atoms with Crippen molar-refractivity contribution in [2.45, 2.75) is 19.9 Å². The van der Waals surface area contributed by atoms with E-state index in [1.807, 2.05) is 13.8 Å². The molecular weight excluding hydrogens is 324 g/mol. The van der Waals surface area contributed by atoms with E-state index >= 15 is 0 Å². The Kier molecular flexibility index (Phi) is 4.61. The van der Waals surface area contributed by atoms with Gasteiger partial charge in [-0.2, -0.15) is 0 Å². The Morgan fingerprint density at radius 3 is 2.78 bits per heavy atom. The Hall–Kier alpha value is -0.810. The summed E-state index contributed by atoms with van der Waals surface area (Å²) in [6.45, 7) is 4.12. The summed E-state index contributed by atoms with van der Waals surface area (Å²) in [5.74, 6) is -0.334. The molecule has 0 radical (unpaired) electrons. The summed E-state index contributed by atoms with van der Waals surface area (Å²) in [7, 11) is 0. The van der Waals surface area contributed by atoms with Gasteiger partial charge in [-0.05, 0) is 12.1 Å². The lowest BCUT2D eigenvalue weighted by molar-refractivity contribution is 0.0376. The van der Waals surface area contributed by atoms with E-state index in [0.29, 0.717) is 10.0 Å². The van der Waals surface area contributed by atoms with Crippen LogP contribution in [-0.2, 0) is 4.74 Å². The van der Waals surface area contributed by atoms with Crippen LogP contribution in [0.1, 0.15) is 25.5 Å². The van der Waals surface area contributed by atoms with Gasteiger partial charge in [0.05, 0.1) is 6.04 Å². The largest absolute Gasteiger partial charge is 0.449 e. The number of rotatable bonds is 1. The number of cyclic esters (lactones) is 1. The zero-order valence-corrected chi connectivity index (χ0v) is 12.4. The molecule has 1 atom stereocenters. The van der Waals surface area contributed by atoms with E-state index < -0.39 is 12.1 Å². The van der Waals surface area contributed by atoms with Crippen molar-refractivity contribution in [2.24, 2.45) is 5.41 Å². The predicted octanol–water partition coefficient (Wildman–Crippen LogP) is 3.82. The molecule has 0 bridgehead atoms. The van der Waals surface area contributed by atoms with Crippen LogP contribution in [0, 0.1) is 11.2 Å². The number of benzene rings is 1. The van der Waals surface area contributed by atoms with Gasteiger partial charge in [-0.3, -0.25) is 0 Å². The van der Waals surface area contributed by atoms with Gasteiger partial charge in [0, 0.05) is 15.5 Å². The van der Waals surface area contributed by atoms with Crippen molar-refractivity contribution in [3.63, 3.8) is 0 Å². The van der Waals surface area contributed by atoms with Gasteiger partial charge in [0.25, 0.3) is 0 Å². The van der Waals surface area contributed by atoms with Crippen molar-refractivity contribution in [2.75, 3.05) is 6.61 Å². The number of hydrogen-bond donors (Lipinski definition) is 1. The van der Waals surface area contributed by atoms with Crippen molar-refractivity contribution >= 4 is 34.4 Å². The van der Waals surface area contributed by atoms with Crippen molar-refractivity contribution in [3.8, 4) is 0 Å². The molecule has 0 unspecified atom stereocenters. The Labute approximate surface area is 120 Å². The van der Waals surface area contributed by atoms with Crippen LogP contribution in [0.4, 0.5) is 9.18 Å². The maximum absolute atomic E-state index is 13.9. The van der Waals surface area contributed by atoms with Crippen LogP contribution in [0.5, 0.6) is 0 Å². The van der Waals surface area contributed by atoms with Crippen molar-refractivity contribution in [1.82, 2.24) is 5.32 Å². The van der Waals surface area contributed by atoms with Crippen molar-refractivity contribution < 1.29 is 13.9 Å². The maximum atomic E-state index is 13.9. The number of alkyl carbamates (subject to hydrolysis) is 1. The first-order valence-electron chi connectivity index (χ1n) is 5.29. The van der Waals surface area contributed by atoms with Gasteiger partial charge in [0.1, 0.15) is 12.4 Å². The molecule has 1 heterocycles. The SMILES string of the molecule is CC1(C)COC(=O)N[C@@H]1c1c(F)cccc1Br.Cl. The standard InChI is InChI=1S/C12H13BrFNO2.ClH/c1-12(2)6-17-11(16)15-10(12)9-7(13)4-3-5-8(9)14;/h3-5,10H,6H2,1-2H3,(H,15,16);1H/t10-;/m1./s1. The lowest BCUT2D eigenvalue weighted by atomic mass is 9.80. The Bertz CT molecular complexity index is 447. The second kappa shape index (κ2) is 5.45. The molecule has 100 valence electrons. The lowest BCUT2D eigenvalue weighted by Gasteiger charge is -2.39. The highest BCUT2D eigenvalue weighted by Crippen LogP contribution is 2.40. The average molecular weight is 339 g/mol. The number of ether oxygens (including phenoxy) is 1. The third-order valence-corrected chi connectivity index (χ3v) is 3.60. The molecule has 2 rings (SSSR count). The molecule has 6 heteroatoms. The molecule has 18 heavy (non-hydrogen) atoms. The topological polar surface area (TPSA) is 38.3 Å². The van der Waals surface area contributed by atoms with Crippen LogP contribution >= 0.6 is 28.3 Å². The number of amides is 1. The predicted molar refractivity (Wildman–Crippen MR) is 72.4 cm³/mol. The highest BCUT2D eigenvalue weighted by atomic mass is 79.9. The number of nitrogens with one attached hydrogen (secondary N) is 1. The zero-order chi connectivity index (χ0) is 12.6. The van der Waals surface area contributed by atoms with Crippen LogP contribution < -0.4 is 5.32 Å². The molecule has 1 amide bonds. The van der Waals surface area contributed by atoms with E-state index in [1.165, 1.54) is 6.07 Å². The molecule has 1 saturated heterocycles.